The molecule has 1 atom stereocenters. The van der Waals surface area contributed by atoms with Crippen LogP contribution in [0.25, 0.3) is 0 Å². The molecule has 0 bridgehead atoms. The van der Waals surface area contributed by atoms with Gasteiger partial charge in [-0.1, -0.05) is 6.92 Å². The minimum atomic E-state index is 0.590. The maximum absolute atomic E-state index is 5.41. The Kier molecular flexibility index (Phi) is 6.77. The van der Waals surface area contributed by atoms with Crippen LogP contribution in [-0.2, 0) is 4.74 Å². The zero-order chi connectivity index (χ0) is 12.7. The maximum atomic E-state index is 5.41. The monoisotopic (exact) mass is 259 g/mol. The first-order chi connectivity index (χ1) is 8.19. The van der Waals surface area contributed by atoms with Crippen molar-refractivity contribution in [2.75, 3.05) is 46.4 Å². The molecule has 0 aromatic rings. The fourth-order valence-electron chi connectivity index (χ4n) is 2.17. The number of methoxy groups -OCH3 is 1. The molecule has 0 saturated carbocycles. The highest BCUT2D eigenvalue weighted by molar-refractivity contribution is 7.80. The molecule has 1 fully saturated rings. The van der Waals surface area contributed by atoms with Gasteiger partial charge in [0.1, 0.15) is 0 Å². The summed E-state index contributed by atoms with van der Waals surface area (Å²) in [5.74, 6) is 0. The smallest absolute Gasteiger partial charge is 0.169 e. The summed E-state index contributed by atoms with van der Waals surface area (Å²) in [6.45, 7) is 10.5. The van der Waals surface area contributed by atoms with Gasteiger partial charge >= 0.3 is 0 Å². The van der Waals surface area contributed by atoms with Crippen LogP contribution in [0.3, 0.4) is 0 Å². The molecule has 1 heterocycles. The van der Waals surface area contributed by atoms with E-state index in [2.05, 4.69) is 29.0 Å². The van der Waals surface area contributed by atoms with Gasteiger partial charge in [0.15, 0.2) is 5.11 Å². The highest BCUT2D eigenvalue weighted by Crippen LogP contribution is 2.08. The molecular formula is C12H25N3OS. The van der Waals surface area contributed by atoms with Crippen molar-refractivity contribution in [1.82, 2.24) is 15.1 Å². The summed E-state index contributed by atoms with van der Waals surface area (Å²) in [7, 11) is 1.73. The van der Waals surface area contributed by atoms with Crippen molar-refractivity contribution in [3.05, 3.63) is 0 Å². The van der Waals surface area contributed by atoms with Crippen molar-refractivity contribution >= 4 is 17.3 Å². The van der Waals surface area contributed by atoms with E-state index in [1.54, 1.807) is 7.11 Å². The Morgan fingerprint density at radius 1 is 1.47 bits per heavy atom. The largest absolute Gasteiger partial charge is 0.385 e. The number of hydrogen-bond acceptors (Lipinski definition) is 3. The van der Waals surface area contributed by atoms with Gasteiger partial charge in [-0.2, -0.15) is 0 Å². The predicted molar refractivity (Wildman–Crippen MR) is 75.4 cm³/mol. The highest BCUT2D eigenvalue weighted by atomic mass is 32.1. The molecular weight excluding hydrogens is 234 g/mol. The first kappa shape index (κ1) is 14.7. The van der Waals surface area contributed by atoms with Gasteiger partial charge < -0.3 is 15.0 Å². The van der Waals surface area contributed by atoms with E-state index in [4.69, 9.17) is 17.0 Å². The number of thiocarbonyl (C=S) groups is 1. The van der Waals surface area contributed by atoms with Gasteiger partial charge in [0, 0.05) is 45.9 Å². The highest BCUT2D eigenvalue weighted by Gasteiger charge is 2.23. The van der Waals surface area contributed by atoms with E-state index in [1.165, 1.54) is 0 Å². The second-order valence-electron chi connectivity index (χ2n) is 4.50. The van der Waals surface area contributed by atoms with Crippen molar-refractivity contribution in [2.24, 2.45) is 0 Å². The number of nitrogens with zero attached hydrogens (tertiary/aromatic N) is 2. The zero-order valence-electron chi connectivity index (χ0n) is 11.2. The molecule has 0 radical (unpaired) electrons. The summed E-state index contributed by atoms with van der Waals surface area (Å²) in [6.07, 6.45) is 1.00. The van der Waals surface area contributed by atoms with Gasteiger partial charge in [0.2, 0.25) is 0 Å². The quantitative estimate of drug-likeness (QED) is 0.585. The van der Waals surface area contributed by atoms with Crippen molar-refractivity contribution in [1.29, 1.82) is 0 Å². The van der Waals surface area contributed by atoms with E-state index in [-0.39, 0.29) is 0 Å². The molecule has 1 aliphatic heterocycles. The topological polar surface area (TPSA) is 27.7 Å². The lowest BCUT2D eigenvalue weighted by atomic mass is 10.2. The molecule has 17 heavy (non-hydrogen) atoms. The van der Waals surface area contributed by atoms with Crippen LogP contribution >= 0.6 is 12.2 Å². The van der Waals surface area contributed by atoms with Crippen molar-refractivity contribution < 1.29 is 4.74 Å². The molecule has 100 valence electrons. The van der Waals surface area contributed by atoms with E-state index in [1.807, 2.05) is 0 Å². The first-order valence-electron chi connectivity index (χ1n) is 6.44. The van der Waals surface area contributed by atoms with Crippen LogP contribution in [-0.4, -0.2) is 67.4 Å². The lowest BCUT2D eigenvalue weighted by Gasteiger charge is -2.40. The number of nitrogens with one attached hydrogen (secondary N) is 1. The second-order valence-corrected chi connectivity index (χ2v) is 4.89. The average molecular weight is 259 g/mol. The number of hydrogen-bond donors (Lipinski definition) is 1. The fourth-order valence-corrected chi connectivity index (χ4v) is 2.44. The van der Waals surface area contributed by atoms with E-state index < -0.39 is 0 Å². The maximum Gasteiger partial charge on any atom is 0.169 e. The van der Waals surface area contributed by atoms with Crippen LogP contribution in [0.1, 0.15) is 20.3 Å². The first-order valence-corrected chi connectivity index (χ1v) is 6.85. The van der Waals surface area contributed by atoms with Crippen LogP contribution in [0.2, 0.25) is 0 Å². The fraction of sp³-hybridized carbons (Fsp3) is 0.917. The molecule has 0 aromatic carbocycles. The summed E-state index contributed by atoms with van der Waals surface area (Å²) >= 11 is 5.41. The number of rotatable bonds is 5. The van der Waals surface area contributed by atoms with Crippen LogP contribution in [0.5, 0.6) is 0 Å². The average Bonchev–Trinajstić information content (AvgIpc) is 2.34. The Morgan fingerprint density at radius 3 is 2.82 bits per heavy atom. The van der Waals surface area contributed by atoms with E-state index in [9.17, 15) is 0 Å². The Bertz CT molecular complexity index is 238. The lowest BCUT2D eigenvalue weighted by Crippen LogP contribution is -2.55. The standard InChI is InChI=1S/C12H25N3OS/c1-4-14-7-8-15(10-11(14)2)12(17)13-6-5-9-16-3/h11H,4-10H2,1-3H3,(H,13,17). The third-order valence-electron chi connectivity index (χ3n) is 3.26. The Morgan fingerprint density at radius 2 is 2.24 bits per heavy atom. The summed E-state index contributed by atoms with van der Waals surface area (Å²) in [6, 6.07) is 0.590. The summed E-state index contributed by atoms with van der Waals surface area (Å²) in [5, 5.41) is 4.19. The Labute approximate surface area is 110 Å². The molecule has 5 heteroatoms. The Balaban J connectivity index is 2.24. The van der Waals surface area contributed by atoms with E-state index >= 15 is 0 Å². The molecule has 1 saturated heterocycles. The van der Waals surface area contributed by atoms with Gasteiger partial charge in [0.25, 0.3) is 0 Å². The van der Waals surface area contributed by atoms with Gasteiger partial charge in [-0.05, 0) is 32.1 Å². The molecule has 4 nitrogen and oxygen atoms in total. The SMILES string of the molecule is CCN1CCN(C(=S)NCCCOC)CC1C. The number of likely N-dealkylation sites (N-methyl/N-ethyl adjacent to an activating group) is 1. The number of ether oxygens (including phenoxy) is 1. The molecule has 1 rings (SSSR count). The summed E-state index contributed by atoms with van der Waals surface area (Å²) in [4.78, 5) is 4.77. The Hall–Kier alpha value is -0.390. The van der Waals surface area contributed by atoms with E-state index in [0.717, 1.165) is 50.9 Å². The number of piperazine rings is 1. The second kappa shape index (κ2) is 7.84. The third-order valence-corrected chi connectivity index (χ3v) is 3.66. The molecule has 1 unspecified atom stereocenters. The molecule has 0 amide bonds. The molecule has 1 aliphatic rings. The lowest BCUT2D eigenvalue weighted by molar-refractivity contribution is 0.129. The van der Waals surface area contributed by atoms with Crippen molar-refractivity contribution in [3.8, 4) is 0 Å². The van der Waals surface area contributed by atoms with Crippen LogP contribution < -0.4 is 5.32 Å². The normalized spacial score (nSPS) is 21.6. The van der Waals surface area contributed by atoms with E-state index in [0.29, 0.717) is 6.04 Å². The predicted octanol–water partition coefficient (Wildman–Crippen LogP) is 0.923. The van der Waals surface area contributed by atoms with Gasteiger partial charge in [-0.3, -0.25) is 4.90 Å². The minimum absolute atomic E-state index is 0.590. The molecule has 0 aliphatic carbocycles. The molecule has 0 spiro atoms. The molecule has 0 aromatic heterocycles. The minimum Gasteiger partial charge on any atom is -0.385 e. The van der Waals surface area contributed by atoms with Crippen LogP contribution in [0, 0.1) is 0 Å². The van der Waals surface area contributed by atoms with Gasteiger partial charge in [-0.25, -0.2) is 0 Å². The zero-order valence-corrected chi connectivity index (χ0v) is 12.1. The third kappa shape index (κ3) is 4.77. The van der Waals surface area contributed by atoms with Crippen LogP contribution in [0.4, 0.5) is 0 Å². The summed E-state index contributed by atoms with van der Waals surface area (Å²) < 4.78 is 5.01. The van der Waals surface area contributed by atoms with Crippen molar-refractivity contribution in [2.45, 2.75) is 26.3 Å². The van der Waals surface area contributed by atoms with Gasteiger partial charge in [-0.15, -0.1) is 0 Å². The van der Waals surface area contributed by atoms with Crippen LogP contribution in [0.15, 0.2) is 0 Å². The van der Waals surface area contributed by atoms with Gasteiger partial charge in [0.05, 0.1) is 0 Å². The molecule has 1 N–H and O–H groups in total. The van der Waals surface area contributed by atoms with Crippen molar-refractivity contribution in [3.63, 3.8) is 0 Å². The summed E-state index contributed by atoms with van der Waals surface area (Å²) in [5.41, 5.74) is 0.